The summed E-state index contributed by atoms with van der Waals surface area (Å²) in [6.45, 7) is 4.29. The van der Waals surface area contributed by atoms with Gasteiger partial charge in [0.05, 0.1) is 23.4 Å². The van der Waals surface area contributed by atoms with Crippen molar-refractivity contribution in [3.05, 3.63) is 65.7 Å². The van der Waals surface area contributed by atoms with Gasteiger partial charge in [0.25, 0.3) is 0 Å². The van der Waals surface area contributed by atoms with Crippen molar-refractivity contribution in [2.45, 2.75) is 39.5 Å². The van der Waals surface area contributed by atoms with Gasteiger partial charge in [-0.3, -0.25) is 24.1 Å². The van der Waals surface area contributed by atoms with Crippen molar-refractivity contribution in [1.29, 1.82) is 0 Å². The SMILES string of the molecule is CCc1ccccc1N1C[C@H](C(=O)Oc2ccc(N3C(=O)[C@H]4CC=C(C)C[C@@H]4C3=O)cc2)CC1=O. The zero-order chi connectivity index (χ0) is 24.7. The van der Waals surface area contributed by atoms with Gasteiger partial charge < -0.3 is 9.64 Å². The van der Waals surface area contributed by atoms with Crippen LogP contribution in [-0.2, 0) is 25.6 Å². The molecular weight excluding hydrogens is 444 g/mol. The van der Waals surface area contributed by atoms with E-state index >= 15 is 0 Å². The van der Waals surface area contributed by atoms with Crippen LogP contribution >= 0.6 is 0 Å². The van der Waals surface area contributed by atoms with Gasteiger partial charge in [0.2, 0.25) is 17.7 Å². The molecule has 7 nitrogen and oxygen atoms in total. The number of carbonyl (C=O) groups excluding carboxylic acids is 4. The van der Waals surface area contributed by atoms with Crippen molar-refractivity contribution in [1.82, 2.24) is 0 Å². The number of amides is 3. The highest BCUT2D eigenvalue weighted by molar-refractivity contribution is 6.22. The number of carbonyl (C=O) groups is 4. The third-order valence-corrected chi connectivity index (χ3v) is 7.26. The number of nitrogens with zero attached hydrogens (tertiary/aromatic N) is 2. The molecule has 0 spiro atoms. The van der Waals surface area contributed by atoms with Crippen molar-refractivity contribution >= 4 is 35.1 Å². The van der Waals surface area contributed by atoms with Gasteiger partial charge in [-0.15, -0.1) is 0 Å². The number of para-hydroxylation sites is 1. The van der Waals surface area contributed by atoms with Crippen LogP contribution in [0.25, 0.3) is 0 Å². The summed E-state index contributed by atoms with van der Waals surface area (Å²) in [6, 6.07) is 14.1. The summed E-state index contributed by atoms with van der Waals surface area (Å²) >= 11 is 0. The van der Waals surface area contributed by atoms with Gasteiger partial charge in [0.15, 0.2) is 0 Å². The topological polar surface area (TPSA) is 84.0 Å². The maximum atomic E-state index is 12.9. The molecule has 7 heteroatoms. The predicted octanol–water partition coefficient (Wildman–Crippen LogP) is 4.05. The lowest BCUT2D eigenvalue weighted by Gasteiger charge is -2.19. The molecule has 2 aromatic carbocycles. The van der Waals surface area contributed by atoms with Crippen LogP contribution in [0.1, 0.15) is 38.7 Å². The van der Waals surface area contributed by atoms with E-state index in [1.165, 1.54) is 4.90 Å². The van der Waals surface area contributed by atoms with Crippen molar-refractivity contribution in [2.75, 3.05) is 16.3 Å². The summed E-state index contributed by atoms with van der Waals surface area (Å²) in [4.78, 5) is 54.2. The Kier molecular flexibility index (Phi) is 6.01. The van der Waals surface area contributed by atoms with Gasteiger partial charge in [0.1, 0.15) is 5.75 Å². The number of anilines is 2. The molecule has 0 unspecified atom stereocenters. The van der Waals surface area contributed by atoms with Crippen LogP contribution in [0.5, 0.6) is 5.75 Å². The molecule has 0 radical (unpaired) electrons. The highest BCUT2D eigenvalue weighted by Gasteiger charge is 2.48. The highest BCUT2D eigenvalue weighted by atomic mass is 16.5. The number of allylic oxidation sites excluding steroid dienone is 2. The summed E-state index contributed by atoms with van der Waals surface area (Å²) in [5, 5.41) is 0. The second-order valence-corrected chi connectivity index (χ2v) is 9.52. The molecule has 2 heterocycles. The molecule has 2 aliphatic heterocycles. The van der Waals surface area contributed by atoms with E-state index in [1.807, 2.05) is 44.2 Å². The van der Waals surface area contributed by atoms with E-state index in [1.54, 1.807) is 29.2 Å². The van der Waals surface area contributed by atoms with Crippen molar-refractivity contribution in [3.63, 3.8) is 0 Å². The number of esters is 1. The Balaban J connectivity index is 1.25. The standard InChI is InChI=1S/C28H28N2O5/c1-3-18-6-4-5-7-24(18)29-16-19(15-25(29)31)28(34)35-21-11-9-20(10-12-21)30-26(32)22-13-8-17(2)14-23(22)27(30)33/h4-12,19,22-23H,3,13-16H2,1-2H3/t19-,22+,23+/m1/s1. The minimum atomic E-state index is -0.562. The van der Waals surface area contributed by atoms with Gasteiger partial charge >= 0.3 is 5.97 Å². The van der Waals surface area contributed by atoms with E-state index in [2.05, 4.69) is 0 Å². The Labute approximate surface area is 204 Å². The first kappa shape index (κ1) is 23.0. The molecule has 3 atom stereocenters. The molecule has 0 aromatic heterocycles. The molecular formula is C28H28N2O5. The van der Waals surface area contributed by atoms with Crippen LogP contribution in [0.2, 0.25) is 0 Å². The second kappa shape index (κ2) is 9.13. The second-order valence-electron chi connectivity index (χ2n) is 9.52. The Morgan fingerprint density at radius 2 is 1.69 bits per heavy atom. The normalized spacial score (nSPS) is 24.0. The fraction of sp³-hybridized carbons (Fsp3) is 0.357. The molecule has 2 fully saturated rings. The van der Waals surface area contributed by atoms with Crippen LogP contribution < -0.4 is 14.5 Å². The summed E-state index contributed by atoms with van der Waals surface area (Å²) in [6.07, 6.45) is 4.13. The lowest BCUT2D eigenvalue weighted by atomic mass is 9.82. The molecule has 180 valence electrons. The molecule has 2 saturated heterocycles. The number of benzene rings is 2. The number of hydrogen-bond donors (Lipinski definition) is 0. The number of imide groups is 1. The molecule has 35 heavy (non-hydrogen) atoms. The summed E-state index contributed by atoms with van der Waals surface area (Å²) in [7, 11) is 0. The molecule has 3 aliphatic rings. The zero-order valence-corrected chi connectivity index (χ0v) is 19.9. The maximum Gasteiger partial charge on any atom is 0.316 e. The number of ether oxygens (including phenoxy) is 1. The molecule has 5 rings (SSSR count). The average molecular weight is 473 g/mol. The Bertz CT molecular complexity index is 1230. The van der Waals surface area contributed by atoms with E-state index < -0.39 is 11.9 Å². The Morgan fingerprint density at radius 1 is 0.971 bits per heavy atom. The van der Waals surface area contributed by atoms with Gasteiger partial charge in [-0.2, -0.15) is 0 Å². The van der Waals surface area contributed by atoms with Crippen molar-refractivity contribution < 1.29 is 23.9 Å². The Morgan fingerprint density at radius 3 is 2.43 bits per heavy atom. The fourth-order valence-electron chi connectivity index (χ4n) is 5.33. The van der Waals surface area contributed by atoms with Crippen LogP contribution in [0.4, 0.5) is 11.4 Å². The van der Waals surface area contributed by atoms with Gasteiger partial charge in [-0.25, -0.2) is 0 Å². The van der Waals surface area contributed by atoms with Crippen LogP contribution in [0.15, 0.2) is 60.2 Å². The van der Waals surface area contributed by atoms with Crippen LogP contribution in [-0.4, -0.2) is 30.2 Å². The largest absolute Gasteiger partial charge is 0.426 e. The lowest BCUT2D eigenvalue weighted by molar-refractivity contribution is -0.139. The van der Waals surface area contributed by atoms with E-state index in [9.17, 15) is 19.2 Å². The zero-order valence-electron chi connectivity index (χ0n) is 19.9. The Hall–Kier alpha value is -3.74. The van der Waals surface area contributed by atoms with Crippen molar-refractivity contribution in [3.8, 4) is 5.75 Å². The van der Waals surface area contributed by atoms with Gasteiger partial charge in [-0.05, 0) is 62.1 Å². The number of rotatable bonds is 5. The summed E-state index contributed by atoms with van der Waals surface area (Å²) in [5.74, 6) is -1.76. The lowest BCUT2D eigenvalue weighted by Crippen LogP contribution is -2.30. The summed E-state index contributed by atoms with van der Waals surface area (Å²) < 4.78 is 5.55. The third-order valence-electron chi connectivity index (χ3n) is 7.26. The van der Waals surface area contributed by atoms with E-state index in [0.717, 1.165) is 23.2 Å². The minimum Gasteiger partial charge on any atom is -0.426 e. The van der Waals surface area contributed by atoms with Crippen LogP contribution in [0, 0.1) is 17.8 Å². The highest BCUT2D eigenvalue weighted by Crippen LogP contribution is 2.40. The van der Waals surface area contributed by atoms with Gasteiger partial charge in [-0.1, -0.05) is 36.8 Å². The number of aryl methyl sites for hydroxylation is 1. The molecule has 0 N–H and O–H groups in total. The predicted molar refractivity (Wildman–Crippen MR) is 131 cm³/mol. The first-order valence-electron chi connectivity index (χ1n) is 12.1. The summed E-state index contributed by atoms with van der Waals surface area (Å²) in [5.41, 5.74) is 3.51. The quantitative estimate of drug-likeness (QED) is 0.284. The fourth-order valence-corrected chi connectivity index (χ4v) is 5.33. The smallest absolute Gasteiger partial charge is 0.316 e. The minimum absolute atomic E-state index is 0.0968. The van der Waals surface area contributed by atoms with Gasteiger partial charge in [0, 0.05) is 18.7 Å². The molecule has 0 bridgehead atoms. The van der Waals surface area contributed by atoms with Crippen LogP contribution in [0.3, 0.4) is 0 Å². The van der Waals surface area contributed by atoms with E-state index in [-0.39, 0.29) is 42.5 Å². The van der Waals surface area contributed by atoms with E-state index in [4.69, 9.17) is 4.74 Å². The number of hydrogen-bond acceptors (Lipinski definition) is 5. The van der Waals surface area contributed by atoms with E-state index in [0.29, 0.717) is 24.3 Å². The van der Waals surface area contributed by atoms with Crippen molar-refractivity contribution in [2.24, 2.45) is 17.8 Å². The number of fused-ring (bicyclic) bond motifs is 1. The first-order chi connectivity index (χ1) is 16.9. The first-order valence-corrected chi connectivity index (χ1v) is 12.1. The molecule has 2 aromatic rings. The molecule has 1 aliphatic carbocycles. The monoisotopic (exact) mass is 472 g/mol. The average Bonchev–Trinajstić information content (AvgIpc) is 3.36. The maximum absolute atomic E-state index is 12.9. The molecule has 3 amide bonds. The third kappa shape index (κ3) is 4.16. The molecule has 0 saturated carbocycles.